The van der Waals surface area contributed by atoms with E-state index in [1.807, 2.05) is 58.3 Å². The quantitative estimate of drug-likeness (QED) is 0.694. The molecule has 1 N–H and O–H groups in total. The normalized spacial score (nSPS) is 17.6. The van der Waals surface area contributed by atoms with Crippen LogP contribution in [0.2, 0.25) is 0 Å². The Bertz CT molecular complexity index is 1030. The minimum atomic E-state index is -0.0902. The predicted molar refractivity (Wildman–Crippen MR) is 111 cm³/mol. The van der Waals surface area contributed by atoms with Gasteiger partial charge in [-0.15, -0.1) is 0 Å². The number of rotatable bonds is 6. The van der Waals surface area contributed by atoms with Crippen molar-refractivity contribution in [2.75, 3.05) is 6.54 Å². The fraction of sp³-hybridized carbons (Fsp3) is 0.409. The standard InChI is InChI=1S/C22H26N4O3/c1-13(2)28-22-6-5-15(10-24-22)16-7-19-18(12-26(4)25-19)20(8-16)29-14(3)17-9-21(27)23-11-17/h5-8,10,12-14,17H,9,11H2,1-4H3,(H,23,27)/t14?,17-/m1/s1. The maximum Gasteiger partial charge on any atom is 0.220 e. The van der Waals surface area contributed by atoms with Crippen LogP contribution in [0.1, 0.15) is 27.2 Å². The van der Waals surface area contributed by atoms with Gasteiger partial charge in [-0.25, -0.2) is 4.98 Å². The fourth-order valence-corrected chi connectivity index (χ4v) is 3.59. The van der Waals surface area contributed by atoms with E-state index < -0.39 is 0 Å². The summed E-state index contributed by atoms with van der Waals surface area (Å²) in [6.07, 6.45) is 4.24. The second-order valence-electron chi connectivity index (χ2n) is 7.85. The number of fused-ring (bicyclic) bond motifs is 1. The Morgan fingerprint density at radius 1 is 1.17 bits per heavy atom. The molecule has 1 unspecified atom stereocenters. The van der Waals surface area contributed by atoms with Crippen molar-refractivity contribution in [1.82, 2.24) is 20.1 Å². The lowest BCUT2D eigenvalue weighted by molar-refractivity contribution is -0.119. The van der Waals surface area contributed by atoms with Crippen LogP contribution in [-0.2, 0) is 11.8 Å². The molecule has 7 nitrogen and oxygen atoms in total. The van der Waals surface area contributed by atoms with Crippen molar-refractivity contribution in [1.29, 1.82) is 0 Å². The molecule has 3 aromatic rings. The van der Waals surface area contributed by atoms with E-state index in [1.54, 1.807) is 10.9 Å². The van der Waals surface area contributed by atoms with E-state index in [2.05, 4.69) is 15.4 Å². The second kappa shape index (κ2) is 7.73. The summed E-state index contributed by atoms with van der Waals surface area (Å²) in [7, 11) is 1.89. The van der Waals surface area contributed by atoms with Crippen LogP contribution in [0.3, 0.4) is 0 Å². The average molecular weight is 394 g/mol. The smallest absolute Gasteiger partial charge is 0.220 e. The van der Waals surface area contributed by atoms with E-state index >= 15 is 0 Å². The van der Waals surface area contributed by atoms with Gasteiger partial charge in [0, 0.05) is 50.0 Å². The van der Waals surface area contributed by atoms with Gasteiger partial charge in [-0.05, 0) is 44.5 Å². The number of aryl methyl sites for hydroxylation is 1. The molecule has 2 atom stereocenters. The van der Waals surface area contributed by atoms with E-state index in [4.69, 9.17) is 9.47 Å². The number of carbonyl (C=O) groups excluding carboxylic acids is 1. The Kier molecular flexibility index (Phi) is 5.13. The van der Waals surface area contributed by atoms with Gasteiger partial charge in [0.05, 0.1) is 17.0 Å². The fourth-order valence-electron chi connectivity index (χ4n) is 3.59. The number of hydrogen-bond donors (Lipinski definition) is 1. The summed E-state index contributed by atoms with van der Waals surface area (Å²) in [5.41, 5.74) is 2.79. The molecular formula is C22H26N4O3. The van der Waals surface area contributed by atoms with E-state index in [-0.39, 0.29) is 24.0 Å². The number of amides is 1. The van der Waals surface area contributed by atoms with Crippen LogP contribution in [0, 0.1) is 5.92 Å². The minimum Gasteiger partial charge on any atom is -0.490 e. The zero-order chi connectivity index (χ0) is 20.5. The molecular weight excluding hydrogens is 368 g/mol. The monoisotopic (exact) mass is 394 g/mol. The van der Waals surface area contributed by atoms with Gasteiger partial charge in [-0.3, -0.25) is 9.48 Å². The summed E-state index contributed by atoms with van der Waals surface area (Å²) < 4.78 is 13.7. The van der Waals surface area contributed by atoms with Gasteiger partial charge in [-0.2, -0.15) is 5.10 Å². The molecule has 1 aliphatic heterocycles. The molecule has 0 aliphatic carbocycles. The topological polar surface area (TPSA) is 78.3 Å². The molecule has 0 bridgehead atoms. The van der Waals surface area contributed by atoms with Gasteiger partial charge in [0.25, 0.3) is 0 Å². The van der Waals surface area contributed by atoms with Gasteiger partial charge in [0.2, 0.25) is 11.8 Å². The van der Waals surface area contributed by atoms with Crippen molar-refractivity contribution in [2.24, 2.45) is 13.0 Å². The highest BCUT2D eigenvalue weighted by atomic mass is 16.5. The summed E-state index contributed by atoms with van der Waals surface area (Å²) in [5.74, 6) is 1.61. The number of carbonyl (C=O) groups is 1. The summed E-state index contributed by atoms with van der Waals surface area (Å²) >= 11 is 0. The molecule has 0 saturated carbocycles. The minimum absolute atomic E-state index is 0.0802. The first-order valence-electron chi connectivity index (χ1n) is 9.93. The van der Waals surface area contributed by atoms with E-state index in [9.17, 15) is 4.79 Å². The zero-order valence-corrected chi connectivity index (χ0v) is 17.2. The molecule has 1 aromatic carbocycles. The van der Waals surface area contributed by atoms with Crippen molar-refractivity contribution < 1.29 is 14.3 Å². The third kappa shape index (κ3) is 4.18. The van der Waals surface area contributed by atoms with Crippen LogP contribution in [0.4, 0.5) is 0 Å². The van der Waals surface area contributed by atoms with Gasteiger partial charge in [0.15, 0.2) is 0 Å². The van der Waals surface area contributed by atoms with Crippen molar-refractivity contribution >= 4 is 16.8 Å². The Morgan fingerprint density at radius 2 is 2.00 bits per heavy atom. The highest BCUT2D eigenvalue weighted by Gasteiger charge is 2.28. The summed E-state index contributed by atoms with van der Waals surface area (Å²) in [6.45, 7) is 6.61. The maximum atomic E-state index is 11.6. The molecule has 29 heavy (non-hydrogen) atoms. The molecule has 1 amide bonds. The Balaban J connectivity index is 1.66. The molecule has 3 heterocycles. The van der Waals surface area contributed by atoms with Crippen molar-refractivity contribution in [3.8, 4) is 22.8 Å². The number of pyridine rings is 1. The number of aromatic nitrogens is 3. The molecule has 2 aromatic heterocycles. The Morgan fingerprint density at radius 3 is 2.66 bits per heavy atom. The summed E-state index contributed by atoms with van der Waals surface area (Å²) in [6, 6.07) is 7.91. The van der Waals surface area contributed by atoms with E-state index in [0.717, 1.165) is 27.8 Å². The van der Waals surface area contributed by atoms with E-state index in [1.165, 1.54) is 0 Å². The lowest BCUT2D eigenvalue weighted by atomic mass is 10.0. The number of nitrogens with one attached hydrogen (secondary N) is 1. The van der Waals surface area contributed by atoms with Gasteiger partial charge >= 0.3 is 0 Å². The Hall–Kier alpha value is -3.09. The predicted octanol–water partition coefficient (Wildman–Crippen LogP) is 3.33. The number of hydrogen-bond acceptors (Lipinski definition) is 5. The summed E-state index contributed by atoms with van der Waals surface area (Å²) in [4.78, 5) is 16.0. The maximum absolute atomic E-state index is 11.6. The van der Waals surface area contributed by atoms with Crippen molar-refractivity contribution in [2.45, 2.75) is 39.4 Å². The van der Waals surface area contributed by atoms with Crippen molar-refractivity contribution in [3.05, 3.63) is 36.7 Å². The van der Waals surface area contributed by atoms with Crippen LogP contribution < -0.4 is 14.8 Å². The summed E-state index contributed by atoms with van der Waals surface area (Å²) in [5, 5.41) is 8.39. The largest absolute Gasteiger partial charge is 0.490 e. The molecule has 152 valence electrons. The molecule has 0 spiro atoms. The molecule has 1 fully saturated rings. The lowest BCUT2D eigenvalue weighted by Gasteiger charge is -2.20. The SMILES string of the molecule is CC(C)Oc1ccc(-c2cc(OC(C)[C@H]3CNC(=O)C3)c3cn(C)nc3c2)cn1. The van der Waals surface area contributed by atoms with Crippen LogP contribution in [0.5, 0.6) is 11.6 Å². The highest BCUT2D eigenvalue weighted by molar-refractivity contribution is 5.90. The molecule has 7 heteroatoms. The van der Waals surface area contributed by atoms with E-state index in [0.29, 0.717) is 18.8 Å². The van der Waals surface area contributed by atoms with Gasteiger partial charge < -0.3 is 14.8 Å². The van der Waals surface area contributed by atoms with Crippen LogP contribution in [0.25, 0.3) is 22.0 Å². The van der Waals surface area contributed by atoms with Crippen LogP contribution >= 0.6 is 0 Å². The number of benzene rings is 1. The van der Waals surface area contributed by atoms with Crippen molar-refractivity contribution in [3.63, 3.8) is 0 Å². The molecule has 1 saturated heterocycles. The van der Waals surface area contributed by atoms with Gasteiger partial charge in [-0.1, -0.05) is 0 Å². The lowest BCUT2D eigenvalue weighted by Crippen LogP contribution is -2.25. The molecule has 4 rings (SSSR count). The first-order valence-corrected chi connectivity index (χ1v) is 9.93. The highest BCUT2D eigenvalue weighted by Crippen LogP contribution is 2.34. The number of nitrogens with zero attached hydrogens (tertiary/aromatic N) is 3. The molecule has 1 aliphatic rings. The first kappa shape index (κ1) is 19.2. The second-order valence-corrected chi connectivity index (χ2v) is 7.85. The van der Waals surface area contributed by atoms with Gasteiger partial charge in [0.1, 0.15) is 11.9 Å². The molecule has 0 radical (unpaired) electrons. The van der Waals surface area contributed by atoms with Crippen LogP contribution in [0.15, 0.2) is 36.7 Å². The Labute approximate surface area is 170 Å². The third-order valence-corrected chi connectivity index (χ3v) is 5.11. The number of ether oxygens (including phenoxy) is 2. The first-order chi connectivity index (χ1) is 13.9. The zero-order valence-electron chi connectivity index (χ0n) is 17.2. The average Bonchev–Trinajstić information content (AvgIpc) is 3.27. The third-order valence-electron chi connectivity index (χ3n) is 5.11. The van der Waals surface area contributed by atoms with Crippen LogP contribution in [-0.4, -0.2) is 39.4 Å².